The number of ether oxygens (including phenoxy) is 2. The van der Waals surface area contributed by atoms with E-state index in [4.69, 9.17) is 24.5 Å². The summed E-state index contributed by atoms with van der Waals surface area (Å²) >= 11 is 0. The van der Waals surface area contributed by atoms with Crippen LogP contribution in [-0.2, 0) is 31.4 Å². The van der Waals surface area contributed by atoms with Gasteiger partial charge in [-0.3, -0.25) is 0 Å². The Hall–Kier alpha value is -3.93. The second kappa shape index (κ2) is 13.4. The van der Waals surface area contributed by atoms with E-state index >= 15 is 0 Å². The van der Waals surface area contributed by atoms with Crippen molar-refractivity contribution < 1.29 is 49.4 Å². The Morgan fingerprint density at radius 3 is 2.17 bits per heavy atom. The summed E-state index contributed by atoms with van der Waals surface area (Å²) < 4.78 is 93.6. The fourth-order valence-corrected chi connectivity index (χ4v) is 5.54. The van der Waals surface area contributed by atoms with Gasteiger partial charge in [-0.2, -0.15) is 13.2 Å². The first kappa shape index (κ1) is 32.6. The third-order valence-electron chi connectivity index (χ3n) is 5.67. The minimum Gasteiger partial charge on any atom is -0.493 e. The minimum atomic E-state index is -5.08. The zero-order valence-corrected chi connectivity index (χ0v) is 23.6. The number of carboxylic acids is 1. The van der Waals surface area contributed by atoms with Crippen LogP contribution in [0.5, 0.6) is 17.2 Å². The van der Waals surface area contributed by atoms with Gasteiger partial charge >= 0.3 is 12.1 Å². The quantitative estimate of drug-likeness (QED) is 0.301. The molecule has 4 rings (SSSR count). The van der Waals surface area contributed by atoms with Crippen molar-refractivity contribution in [3.05, 3.63) is 72.4 Å². The molecule has 2 aromatic carbocycles. The average molecular weight is 633 g/mol. The number of rotatable bonds is 10. The molecule has 17 heteroatoms. The summed E-state index contributed by atoms with van der Waals surface area (Å²) in [5.41, 5.74) is 0.756. The highest BCUT2D eigenvalue weighted by Crippen LogP contribution is 2.33. The third kappa shape index (κ3) is 9.57. The van der Waals surface area contributed by atoms with Crippen molar-refractivity contribution in [1.29, 1.82) is 0 Å². The predicted octanol–water partition coefficient (Wildman–Crippen LogP) is 2.72. The molecule has 0 saturated carbocycles. The molecule has 0 spiro atoms. The van der Waals surface area contributed by atoms with Gasteiger partial charge in [-0.15, -0.1) is 0 Å². The normalized spacial score (nSPS) is 13.9. The monoisotopic (exact) mass is 632 g/mol. The van der Waals surface area contributed by atoms with E-state index in [0.717, 1.165) is 5.56 Å². The lowest BCUT2D eigenvalue weighted by atomic mass is 10.0. The van der Waals surface area contributed by atoms with Gasteiger partial charge in [0.2, 0.25) is 20.0 Å². The second-order valence-electron chi connectivity index (χ2n) is 8.98. The van der Waals surface area contributed by atoms with Crippen LogP contribution in [0.25, 0.3) is 0 Å². The van der Waals surface area contributed by atoms with Gasteiger partial charge in [-0.25, -0.2) is 36.5 Å². The Kier molecular flexibility index (Phi) is 10.4. The lowest BCUT2D eigenvalue weighted by Gasteiger charge is -2.40. The minimum absolute atomic E-state index is 0.0382. The summed E-state index contributed by atoms with van der Waals surface area (Å²) in [6.45, 7) is 0.960. The summed E-state index contributed by atoms with van der Waals surface area (Å²) in [6.07, 6.45) is -3.83. The van der Waals surface area contributed by atoms with Crippen molar-refractivity contribution in [2.75, 3.05) is 30.9 Å². The summed E-state index contributed by atoms with van der Waals surface area (Å²) in [7, 11) is -5.98. The number of para-hydroxylation sites is 1. The molecule has 42 heavy (non-hydrogen) atoms. The molecule has 228 valence electrons. The molecule has 0 radical (unpaired) electrons. The van der Waals surface area contributed by atoms with E-state index < -0.39 is 32.2 Å². The molecular weight excluding hydrogens is 605 g/mol. The van der Waals surface area contributed by atoms with Gasteiger partial charge in [0.15, 0.2) is 11.6 Å². The Labute approximate surface area is 240 Å². The number of carbonyl (C=O) groups is 1. The van der Waals surface area contributed by atoms with Crippen LogP contribution in [0.2, 0.25) is 0 Å². The number of nitrogens with zero attached hydrogens (tertiary/aromatic N) is 2. The lowest BCUT2D eigenvalue weighted by molar-refractivity contribution is -0.192. The van der Waals surface area contributed by atoms with Crippen LogP contribution in [-0.4, -0.2) is 65.0 Å². The summed E-state index contributed by atoms with van der Waals surface area (Å²) in [6, 6.07) is 17.9. The molecule has 1 aromatic heterocycles. The summed E-state index contributed by atoms with van der Waals surface area (Å²) in [4.78, 5) is 14.9. The molecule has 0 amide bonds. The molecule has 4 N–H and O–H groups in total. The number of nitrogens with one attached hydrogen (secondary N) is 1. The Morgan fingerprint density at radius 1 is 1.07 bits per heavy atom. The Morgan fingerprint density at radius 2 is 1.64 bits per heavy atom. The van der Waals surface area contributed by atoms with E-state index in [1.54, 1.807) is 24.3 Å². The van der Waals surface area contributed by atoms with Crippen LogP contribution in [0.15, 0.2) is 71.8 Å². The first-order chi connectivity index (χ1) is 19.6. The molecule has 0 atom stereocenters. The van der Waals surface area contributed by atoms with Crippen LogP contribution < -0.4 is 24.2 Å². The molecule has 12 nitrogen and oxygen atoms in total. The summed E-state index contributed by atoms with van der Waals surface area (Å²) in [5, 5.41) is 12.2. The van der Waals surface area contributed by atoms with Gasteiger partial charge in [0.25, 0.3) is 0 Å². The van der Waals surface area contributed by atoms with Crippen LogP contribution in [0.3, 0.4) is 0 Å². The predicted molar refractivity (Wildman–Crippen MR) is 145 cm³/mol. The van der Waals surface area contributed by atoms with Crippen LogP contribution >= 0.6 is 0 Å². The van der Waals surface area contributed by atoms with Gasteiger partial charge in [0.1, 0.15) is 16.4 Å². The molecule has 3 aromatic rings. The lowest BCUT2D eigenvalue weighted by Crippen LogP contribution is -2.50. The maximum atomic E-state index is 12.8. The largest absolute Gasteiger partial charge is 0.493 e. The van der Waals surface area contributed by atoms with E-state index in [2.05, 4.69) is 9.71 Å². The van der Waals surface area contributed by atoms with E-state index in [1.807, 2.05) is 35.2 Å². The number of pyridine rings is 1. The molecule has 0 aliphatic carbocycles. The molecule has 1 saturated heterocycles. The van der Waals surface area contributed by atoms with Gasteiger partial charge in [0, 0.05) is 37.8 Å². The maximum absolute atomic E-state index is 12.8. The van der Waals surface area contributed by atoms with Crippen molar-refractivity contribution >= 4 is 31.8 Å². The molecule has 2 heterocycles. The highest BCUT2D eigenvalue weighted by Gasteiger charge is 2.38. The van der Waals surface area contributed by atoms with E-state index in [0.29, 0.717) is 30.4 Å². The number of sulfonamides is 2. The number of nitrogens with two attached hydrogens (primary N) is 1. The smallest absolute Gasteiger partial charge is 0.490 e. The number of methoxy groups -OCH3 is 1. The molecular formula is C25H27F3N4O8S2. The number of anilines is 1. The number of halogens is 3. The number of alkyl halides is 3. The second-order valence-corrected chi connectivity index (χ2v) is 12.4. The highest BCUT2D eigenvalue weighted by atomic mass is 32.2. The van der Waals surface area contributed by atoms with Crippen molar-refractivity contribution in [3.8, 4) is 17.2 Å². The number of aliphatic carboxylic acids is 1. The van der Waals surface area contributed by atoms with Crippen molar-refractivity contribution in [1.82, 2.24) is 9.71 Å². The highest BCUT2D eigenvalue weighted by molar-refractivity contribution is 7.89. The fraction of sp³-hybridized carbons (Fsp3) is 0.280. The molecule has 1 aliphatic rings. The topological polar surface area (TPSA) is 178 Å². The number of primary sulfonamides is 1. The average Bonchev–Trinajstić information content (AvgIpc) is 2.90. The van der Waals surface area contributed by atoms with Gasteiger partial charge < -0.3 is 19.5 Å². The van der Waals surface area contributed by atoms with Crippen LogP contribution in [0.4, 0.5) is 19.0 Å². The SMILES string of the molecule is COc1cc(S(=O)(=O)NCc2ccc(Oc3ccccc3)cc2)cnc1N1CC(CS(N)(=O)=O)C1.O=C(O)C(F)(F)F. The molecule has 0 unspecified atom stereocenters. The first-order valence-electron chi connectivity index (χ1n) is 12.0. The Bertz CT molecular complexity index is 1580. The zero-order valence-electron chi connectivity index (χ0n) is 22.0. The maximum Gasteiger partial charge on any atom is 0.490 e. The molecule has 1 fully saturated rings. The fourth-order valence-electron chi connectivity index (χ4n) is 3.69. The van der Waals surface area contributed by atoms with Gasteiger partial charge in [-0.05, 0) is 29.8 Å². The Balaban J connectivity index is 0.000000616. The number of benzene rings is 2. The van der Waals surface area contributed by atoms with E-state index in [1.165, 1.54) is 19.4 Å². The van der Waals surface area contributed by atoms with Crippen molar-refractivity contribution in [2.45, 2.75) is 17.6 Å². The third-order valence-corrected chi connectivity index (χ3v) is 7.98. The zero-order chi connectivity index (χ0) is 31.1. The number of hydrogen-bond acceptors (Lipinski definition) is 9. The van der Waals surface area contributed by atoms with Crippen LogP contribution in [0, 0.1) is 5.92 Å². The molecule has 1 aliphatic heterocycles. The standard InChI is InChI=1S/C23H26N4O6S2.C2HF3O2/c1-32-22-11-21(13-25-23(22)27-14-18(15-27)16-34(24,28)29)35(30,31)26-12-17-7-9-20(10-8-17)33-19-5-3-2-4-6-19;3-2(4,5)1(6)7/h2-11,13,18,26H,12,14-16H2,1H3,(H2,24,28,29);(H,6,7). The summed E-state index contributed by atoms with van der Waals surface area (Å²) in [5.74, 6) is -0.885. The number of carboxylic acid groups (broad SMARTS) is 1. The van der Waals surface area contributed by atoms with Gasteiger partial charge in [-0.1, -0.05) is 30.3 Å². The molecule has 0 bridgehead atoms. The number of hydrogen-bond donors (Lipinski definition) is 3. The van der Waals surface area contributed by atoms with E-state index in [9.17, 15) is 30.0 Å². The van der Waals surface area contributed by atoms with Crippen LogP contribution in [0.1, 0.15) is 5.56 Å². The van der Waals surface area contributed by atoms with Gasteiger partial charge in [0.05, 0.1) is 12.9 Å². The van der Waals surface area contributed by atoms with Crippen molar-refractivity contribution in [2.24, 2.45) is 11.1 Å². The number of aromatic nitrogens is 1. The van der Waals surface area contributed by atoms with E-state index in [-0.39, 0.29) is 28.9 Å². The van der Waals surface area contributed by atoms with Crippen molar-refractivity contribution in [3.63, 3.8) is 0 Å². The first-order valence-corrected chi connectivity index (χ1v) is 15.2.